The summed E-state index contributed by atoms with van der Waals surface area (Å²) in [5.74, 6) is 0.307. The Bertz CT molecular complexity index is 148. The van der Waals surface area contributed by atoms with Crippen LogP contribution in [0.3, 0.4) is 0 Å². The second-order valence-corrected chi connectivity index (χ2v) is 2.66. The van der Waals surface area contributed by atoms with E-state index in [4.69, 9.17) is 10.2 Å². The SMILES string of the molecule is C[C@@H]1CN(C(=O)O)[C@H]1CO. The molecule has 1 heterocycles. The van der Waals surface area contributed by atoms with Crippen molar-refractivity contribution in [3.63, 3.8) is 0 Å². The lowest BCUT2D eigenvalue weighted by atomic mass is 9.92. The quantitative estimate of drug-likeness (QED) is 0.545. The zero-order chi connectivity index (χ0) is 7.72. The molecular weight excluding hydrogens is 134 g/mol. The van der Waals surface area contributed by atoms with E-state index in [9.17, 15) is 4.79 Å². The van der Waals surface area contributed by atoms with Crippen molar-refractivity contribution in [2.45, 2.75) is 13.0 Å². The van der Waals surface area contributed by atoms with Crippen LogP contribution >= 0.6 is 0 Å². The minimum atomic E-state index is -0.933. The van der Waals surface area contributed by atoms with Gasteiger partial charge in [-0.2, -0.15) is 0 Å². The van der Waals surface area contributed by atoms with Crippen LogP contribution in [0.1, 0.15) is 6.92 Å². The molecule has 0 aliphatic carbocycles. The Kier molecular flexibility index (Phi) is 1.80. The molecule has 0 spiro atoms. The number of likely N-dealkylation sites (tertiary alicyclic amines) is 1. The van der Waals surface area contributed by atoms with E-state index in [1.54, 1.807) is 0 Å². The lowest BCUT2D eigenvalue weighted by molar-refractivity contribution is 0.000718. The zero-order valence-corrected chi connectivity index (χ0v) is 5.82. The van der Waals surface area contributed by atoms with E-state index in [2.05, 4.69) is 0 Å². The third-order valence-corrected chi connectivity index (χ3v) is 1.97. The van der Waals surface area contributed by atoms with Crippen LogP contribution in [0.2, 0.25) is 0 Å². The molecule has 0 aromatic carbocycles. The molecular formula is C6H11NO3. The van der Waals surface area contributed by atoms with Crippen LogP contribution in [0.15, 0.2) is 0 Å². The standard InChI is InChI=1S/C6H11NO3/c1-4-2-7(6(9)10)5(4)3-8/h4-5,8H,2-3H2,1H3,(H,9,10)/t4-,5+/m1/s1. The molecule has 0 unspecified atom stereocenters. The molecule has 0 aromatic rings. The minimum Gasteiger partial charge on any atom is -0.465 e. The minimum absolute atomic E-state index is 0.0620. The Hall–Kier alpha value is -0.770. The molecule has 0 aromatic heterocycles. The van der Waals surface area contributed by atoms with Gasteiger partial charge >= 0.3 is 6.09 Å². The van der Waals surface area contributed by atoms with Crippen molar-refractivity contribution in [2.75, 3.05) is 13.2 Å². The summed E-state index contributed by atoms with van der Waals surface area (Å²) in [4.78, 5) is 11.6. The first-order valence-electron chi connectivity index (χ1n) is 3.27. The molecule has 0 radical (unpaired) electrons. The number of amides is 1. The number of carboxylic acid groups (broad SMARTS) is 1. The van der Waals surface area contributed by atoms with Crippen molar-refractivity contribution < 1.29 is 15.0 Å². The first-order valence-corrected chi connectivity index (χ1v) is 3.27. The van der Waals surface area contributed by atoms with Crippen molar-refractivity contribution in [1.29, 1.82) is 0 Å². The van der Waals surface area contributed by atoms with E-state index >= 15 is 0 Å². The third kappa shape index (κ3) is 0.945. The molecule has 4 nitrogen and oxygen atoms in total. The number of hydrogen-bond acceptors (Lipinski definition) is 2. The van der Waals surface area contributed by atoms with E-state index in [1.807, 2.05) is 6.92 Å². The molecule has 1 aliphatic rings. The van der Waals surface area contributed by atoms with Crippen molar-refractivity contribution in [1.82, 2.24) is 4.90 Å². The van der Waals surface area contributed by atoms with Gasteiger partial charge in [-0.25, -0.2) is 4.79 Å². The first kappa shape index (κ1) is 7.34. The van der Waals surface area contributed by atoms with Crippen molar-refractivity contribution in [3.8, 4) is 0 Å². The van der Waals surface area contributed by atoms with Crippen LogP contribution in [-0.2, 0) is 0 Å². The topological polar surface area (TPSA) is 60.8 Å². The zero-order valence-electron chi connectivity index (χ0n) is 5.82. The molecule has 10 heavy (non-hydrogen) atoms. The van der Waals surface area contributed by atoms with E-state index in [0.717, 1.165) is 0 Å². The number of nitrogens with zero attached hydrogens (tertiary/aromatic N) is 1. The summed E-state index contributed by atoms with van der Waals surface area (Å²) in [6.07, 6.45) is -0.933. The van der Waals surface area contributed by atoms with Crippen LogP contribution in [0.5, 0.6) is 0 Å². The van der Waals surface area contributed by atoms with Gasteiger partial charge in [0.05, 0.1) is 12.6 Å². The van der Waals surface area contributed by atoms with Crippen LogP contribution in [0.25, 0.3) is 0 Å². The highest BCUT2D eigenvalue weighted by Crippen LogP contribution is 2.23. The monoisotopic (exact) mass is 145 g/mol. The van der Waals surface area contributed by atoms with Gasteiger partial charge in [-0.15, -0.1) is 0 Å². The number of carbonyl (C=O) groups is 1. The molecule has 1 fully saturated rings. The molecule has 0 saturated carbocycles. The predicted molar refractivity (Wildman–Crippen MR) is 34.8 cm³/mol. The fourth-order valence-corrected chi connectivity index (χ4v) is 1.23. The largest absolute Gasteiger partial charge is 0.465 e. The summed E-state index contributed by atoms with van der Waals surface area (Å²) in [7, 11) is 0. The van der Waals surface area contributed by atoms with Gasteiger partial charge < -0.3 is 15.1 Å². The fourth-order valence-electron chi connectivity index (χ4n) is 1.23. The highest BCUT2D eigenvalue weighted by atomic mass is 16.4. The number of aliphatic hydroxyl groups is 1. The van der Waals surface area contributed by atoms with E-state index < -0.39 is 6.09 Å². The van der Waals surface area contributed by atoms with E-state index in [1.165, 1.54) is 4.90 Å². The summed E-state index contributed by atoms with van der Waals surface area (Å²) in [5, 5.41) is 17.1. The Morgan fingerprint density at radius 2 is 2.40 bits per heavy atom. The maximum atomic E-state index is 10.3. The Labute approximate surface area is 59.1 Å². The van der Waals surface area contributed by atoms with Crippen molar-refractivity contribution in [2.24, 2.45) is 5.92 Å². The highest BCUT2D eigenvalue weighted by Gasteiger charge is 2.38. The van der Waals surface area contributed by atoms with Crippen LogP contribution < -0.4 is 0 Å². The summed E-state index contributed by atoms with van der Waals surface area (Å²) >= 11 is 0. The lowest BCUT2D eigenvalue weighted by Gasteiger charge is -2.43. The molecule has 1 aliphatic heterocycles. The Balaban J connectivity index is 2.45. The summed E-state index contributed by atoms with van der Waals surface area (Å²) in [6.45, 7) is 2.42. The second kappa shape index (κ2) is 2.46. The number of hydrogen-bond donors (Lipinski definition) is 2. The Morgan fingerprint density at radius 1 is 1.80 bits per heavy atom. The van der Waals surface area contributed by atoms with Gasteiger partial charge in [0.25, 0.3) is 0 Å². The normalized spacial score (nSPS) is 31.6. The smallest absolute Gasteiger partial charge is 0.407 e. The van der Waals surface area contributed by atoms with Gasteiger partial charge in [-0.1, -0.05) is 6.92 Å². The van der Waals surface area contributed by atoms with Crippen LogP contribution in [0, 0.1) is 5.92 Å². The average Bonchev–Trinajstić information content (AvgIpc) is 1.83. The second-order valence-electron chi connectivity index (χ2n) is 2.66. The molecule has 4 heteroatoms. The molecule has 1 saturated heterocycles. The molecule has 2 atom stereocenters. The van der Waals surface area contributed by atoms with Crippen molar-refractivity contribution in [3.05, 3.63) is 0 Å². The van der Waals surface area contributed by atoms with E-state index in [0.29, 0.717) is 12.5 Å². The first-order chi connectivity index (χ1) is 4.66. The predicted octanol–water partition coefficient (Wildman–Crippen LogP) is -0.0230. The maximum absolute atomic E-state index is 10.3. The van der Waals surface area contributed by atoms with Gasteiger partial charge in [0.15, 0.2) is 0 Å². The van der Waals surface area contributed by atoms with Gasteiger partial charge in [0, 0.05) is 6.54 Å². The van der Waals surface area contributed by atoms with Gasteiger partial charge in [-0.3, -0.25) is 0 Å². The third-order valence-electron chi connectivity index (χ3n) is 1.97. The van der Waals surface area contributed by atoms with Crippen LogP contribution in [0.4, 0.5) is 4.79 Å². The molecule has 1 rings (SSSR count). The number of aliphatic hydroxyl groups excluding tert-OH is 1. The van der Waals surface area contributed by atoms with Gasteiger partial charge in [0.1, 0.15) is 0 Å². The van der Waals surface area contributed by atoms with Gasteiger partial charge in [0.2, 0.25) is 0 Å². The summed E-state index contributed by atoms with van der Waals surface area (Å²) in [5.41, 5.74) is 0. The lowest BCUT2D eigenvalue weighted by Crippen LogP contribution is -2.58. The molecule has 0 bridgehead atoms. The number of rotatable bonds is 1. The van der Waals surface area contributed by atoms with E-state index in [-0.39, 0.29) is 12.6 Å². The fraction of sp³-hybridized carbons (Fsp3) is 0.833. The average molecular weight is 145 g/mol. The highest BCUT2D eigenvalue weighted by molar-refractivity contribution is 5.66. The molecule has 2 N–H and O–H groups in total. The van der Waals surface area contributed by atoms with Crippen LogP contribution in [-0.4, -0.2) is 40.4 Å². The maximum Gasteiger partial charge on any atom is 0.407 e. The summed E-state index contributed by atoms with van der Waals surface area (Å²) < 4.78 is 0. The molecule has 58 valence electrons. The van der Waals surface area contributed by atoms with Crippen molar-refractivity contribution >= 4 is 6.09 Å². The summed E-state index contributed by atoms with van der Waals surface area (Å²) in [6, 6.07) is -0.169. The van der Waals surface area contributed by atoms with Gasteiger partial charge in [-0.05, 0) is 5.92 Å². The Morgan fingerprint density at radius 3 is 2.60 bits per heavy atom. The molecule has 1 amide bonds.